The predicted octanol–water partition coefficient (Wildman–Crippen LogP) is 1.48. The molecule has 7 heteroatoms. The van der Waals surface area contributed by atoms with Crippen LogP contribution in [-0.2, 0) is 21.6 Å². The zero-order valence-electron chi connectivity index (χ0n) is 12.8. The highest BCUT2D eigenvalue weighted by Crippen LogP contribution is 2.20. The summed E-state index contributed by atoms with van der Waals surface area (Å²) in [5.74, 6) is 0. The summed E-state index contributed by atoms with van der Waals surface area (Å²) in [5.41, 5.74) is 3.76. The van der Waals surface area contributed by atoms with Crippen molar-refractivity contribution in [2.75, 3.05) is 7.11 Å². The van der Waals surface area contributed by atoms with Crippen LogP contribution in [-0.4, -0.2) is 26.4 Å². The number of hydrogen-bond donors (Lipinski definition) is 0. The van der Waals surface area contributed by atoms with Crippen LogP contribution < -0.4 is 4.57 Å². The first-order valence-electron chi connectivity index (χ1n) is 6.48. The summed E-state index contributed by atoms with van der Waals surface area (Å²) in [6, 6.07) is 11.5. The third kappa shape index (κ3) is 6.52. The van der Waals surface area contributed by atoms with E-state index in [-0.39, 0.29) is 0 Å². The Morgan fingerprint density at radius 1 is 1.13 bits per heavy atom. The third-order valence-electron chi connectivity index (χ3n) is 2.93. The van der Waals surface area contributed by atoms with E-state index in [0.717, 1.165) is 30.1 Å². The van der Waals surface area contributed by atoms with Gasteiger partial charge in [0.15, 0.2) is 12.4 Å². The lowest BCUT2D eigenvalue weighted by Gasteiger charge is -2.05. The molecule has 0 saturated heterocycles. The Bertz CT molecular complexity index is 765. The van der Waals surface area contributed by atoms with Crippen molar-refractivity contribution in [3.8, 4) is 0 Å². The van der Waals surface area contributed by atoms with Crippen LogP contribution in [0.4, 0.5) is 0 Å². The Morgan fingerprint density at radius 3 is 1.96 bits per heavy atom. The number of nitrogens with zero attached hydrogens (tertiary/aromatic N) is 1. The molecule has 0 fully saturated rings. The van der Waals surface area contributed by atoms with Gasteiger partial charge in [-0.05, 0) is 16.7 Å². The van der Waals surface area contributed by atoms with Gasteiger partial charge in [0.2, 0.25) is 10.4 Å². The van der Waals surface area contributed by atoms with Crippen molar-refractivity contribution < 1.29 is 26.5 Å². The molecule has 122 valence electrons. The minimum atomic E-state index is -4.41. The van der Waals surface area contributed by atoms with Gasteiger partial charge in [-0.1, -0.05) is 30.8 Å². The number of aldehydes is 1. The maximum atomic E-state index is 10.6. The molecular weight excluding hydrogens is 318 g/mol. The maximum Gasteiger partial charge on any atom is 0.217 e. The van der Waals surface area contributed by atoms with E-state index >= 15 is 0 Å². The molecule has 6 nitrogen and oxygen atoms in total. The predicted molar refractivity (Wildman–Crippen MR) is 84.3 cm³/mol. The van der Waals surface area contributed by atoms with Crippen molar-refractivity contribution in [2.45, 2.75) is 0 Å². The molecule has 1 aromatic heterocycles. The number of benzene rings is 1. The normalized spacial score (nSPS) is 10.4. The fraction of sp³-hybridized carbons (Fsp3) is 0.125. The summed E-state index contributed by atoms with van der Waals surface area (Å²) in [7, 11) is -1.63. The average Bonchev–Trinajstić information content (AvgIpc) is 2.55. The number of carbonyl (C=O) groups is 1. The van der Waals surface area contributed by atoms with E-state index in [9.17, 15) is 17.8 Å². The lowest BCUT2D eigenvalue weighted by molar-refractivity contribution is -0.671. The summed E-state index contributed by atoms with van der Waals surface area (Å²) in [5, 5.41) is 0. The van der Waals surface area contributed by atoms with Gasteiger partial charge in [0.05, 0.1) is 7.11 Å². The van der Waals surface area contributed by atoms with Gasteiger partial charge in [-0.15, -0.1) is 0 Å². The smallest absolute Gasteiger partial charge is 0.217 e. The van der Waals surface area contributed by atoms with Crippen LogP contribution in [0.5, 0.6) is 0 Å². The van der Waals surface area contributed by atoms with Gasteiger partial charge in [0.25, 0.3) is 0 Å². The zero-order valence-corrected chi connectivity index (χ0v) is 13.6. The highest BCUT2D eigenvalue weighted by Gasteiger charge is 2.03. The third-order valence-corrected chi connectivity index (χ3v) is 3.33. The summed E-state index contributed by atoms with van der Waals surface area (Å²) in [4.78, 5) is 10.6. The number of aryl methyl sites for hydroxylation is 1. The Kier molecular flexibility index (Phi) is 6.77. The lowest BCUT2D eigenvalue weighted by Crippen LogP contribution is -2.25. The molecule has 1 heterocycles. The number of rotatable bonds is 4. The zero-order chi connectivity index (χ0) is 17.5. The van der Waals surface area contributed by atoms with E-state index in [0.29, 0.717) is 5.56 Å². The summed E-state index contributed by atoms with van der Waals surface area (Å²) < 4.78 is 33.0. The molecule has 0 N–H and O–H groups in total. The average molecular weight is 335 g/mol. The second kappa shape index (κ2) is 8.33. The van der Waals surface area contributed by atoms with Crippen LogP contribution in [0.3, 0.4) is 0 Å². The van der Waals surface area contributed by atoms with E-state index in [1.807, 2.05) is 48.3 Å². The van der Waals surface area contributed by atoms with Crippen LogP contribution in [0.2, 0.25) is 0 Å². The molecular formula is C16H17NO5S. The van der Waals surface area contributed by atoms with E-state index in [2.05, 4.69) is 10.8 Å². The van der Waals surface area contributed by atoms with Crippen molar-refractivity contribution in [1.82, 2.24) is 0 Å². The van der Waals surface area contributed by atoms with Gasteiger partial charge in [-0.25, -0.2) is 13.0 Å². The molecule has 0 bridgehead atoms. The van der Waals surface area contributed by atoms with Gasteiger partial charge >= 0.3 is 0 Å². The Labute approximate surface area is 135 Å². The molecule has 0 atom stereocenters. The van der Waals surface area contributed by atoms with Crippen molar-refractivity contribution in [3.63, 3.8) is 0 Å². The second-order valence-corrected chi connectivity index (χ2v) is 5.70. The highest BCUT2D eigenvalue weighted by molar-refractivity contribution is 7.80. The first-order chi connectivity index (χ1) is 10.8. The van der Waals surface area contributed by atoms with E-state index in [1.165, 1.54) is 0 Å². The first kappa shape index (κ1) is 18.7. The summed E-state index contributed by atoms with van der Waals surface area (Å²) in [6.45, 7) is 4.08. The fourth-order valence-corrected chi connectivity index (χ4v) is 1.63. The molecule has 2 aromatic rings. The first-order valence-corrected chi connectivity index (χ1v) is 7.82. The number of aromatic nitrogens is 1. The van der Waals surface area contributed by atoms with E-state index in [4.69, 9.17) is 0 Å². The molecule has 0 unspecified atom stereocenters. The van der Waals surface area contributed by atoms with Crippen LogP contribution >= 0.6 is 0 Å². The van der Waals surface area contributed by atoms with Crippen LogP contribution in [0.15, 0.2) is 55.4 Å². The molecule has 0 aliphatic rings. The molecule has 0 amide bonds. The molecule has 0 saturated carbocycles. The van der Waals surface area contributed by atoms with E-state index < -0.39 is 10.4 Å². The van der Waals surface area contributed by atoms with Crippen molar-refractivity contribution in [1.29, 1.82) is 0 Å². The lowest BCUT2D eigenvalue weighted by atomic mass is 10.00. The van der Waals surface area contributed by atoms with Gasteiger partial charge < -0.3 is 4.55 Å². The van der Waals surface area contributed by atoms with Crippen molar-refractivity contribution in [2.24, 2.45) is 7.05 Å². The molecule has 0 radical (unpaired) electrons. The highest BCUT2D eigenvalue weighted by atomic mass is 32.3. The van der Waals surface area contributed by atoms with Crippen LogP contribution in [0.25, 0.3) is 5.57 Å². The number of hydrogen-bond acceptors (Lipinski definition) is 5. The summed E-state index contributed by atoms with van der Waals surface area (Å²) in [6.07, 6.45) is 4.82. The molecule has 0 aliphatic carbocycles. The second-order valence-electron chi connectivity index (χ2n) is 4.55. The Hall–Kier alpha value is -2.35. The Balaban J connectivity index is 0.000000379. The fourth-order valence-electron chi connectivity index (χ4n) is 1.63. The van der Waals surface area contributed by atoms with Crippen molar-refractivity contribution in [3.05, 3.63) is 72.1 Å². The monoisotopic (exact) mass is 335 g/mol. The quantitative estimate of drug-likeness (QED) is 0.365. The molecule has 1 aromatic carbocycles. The van der Waals surface area contributed by atoms with Gasteiger partial charge in [0, 0.05) is 17.7 Å². The van der Waals surface area contributed by atoms with Crippen molar-refractivity contribution >= 4 is 22.3 Å². The van der Waals surface area contributed by atoms with E-state index in [1.54, 1.807) is 12.1 Å². The summed E-state index contributed by atoms with van der Waals surface area (Å²) >= 11 is 0. The van der Waals surface area contributed by atoms with Crippen LogP contribution in [0, 0.1) is 0 Å². The maximum absolute atomic E-state index is 10.6. The SMILES string of the molecule is C=C(c1ccc(C=O)cc1)c1cc[n+](C)cc1.COS(=O)(=O)[O-]. The number of carbonyl (C=O) groups excluding carboxylic acids is 1. The van der Waals surface area contributed by atoms with Crippen LogP contribution in [0.1, 0.15) is 21.5 Å². The van der Waals surface area contributed by atoms with Gasteiger partial charge in [-0.2, -0.15) is 0 Å². The molecule has 0 aliphatic heterocycles. The largest absolute Gasteiger partial charge is 0.726 e. The molecule has 23 heavy (non-hydrogen) atoms. The molecule has 2 rings (SSSR count). The standard InChI is InChI=1S/C15H14NO.CH4O4S/c1-12(15-7-9-16(2)10-8-15)14-5-3-13(11-17)4-6-14;1-5-6(2,3)4/h3-11H,1H2,2H3;1H3,(H,2,3,4)/q+1;/p-1. The minimum absolute atomic E-state index is 0.681. The molecule has 0 spiro atoms. The van der Waals surface area contributed by atoms with Gasteiger partial charge in [0.1, 0.15) is 13.3 Å². The topological polar surface area (TPSA) is 87.4 Å². The minimum Gasteiger partial charge on any atom is -0.726 e. The van der Waals surface area contributed by atoms with Gasteiger partial charge in [-0.3, -0.25) is 8.98 Å². The number of pyridine rings is 1. The Morgan fingerprint density at radius 2 is 1.57 bits per heavy atom.